The summed E-state index contributed by atoms with van der Waals surface area (Å²) in [4.78, 5) is 7.33. The summed E-state index contributed by atoms with van der Waals surface area (Å²) < 4.78 is 0. The Kier molecular flexibility index (Phi) is 4.70. The average Bonchev–Trinajstić information content (AvgIpc) is 2.88. The second-order valence-electron chi connectivity index (χ2n) is 4.61. The number of anilines is 1. The number of hydrogen-bond acceptors (Lipinski definition) is 3. The predicted molar refractivity (Wildman–Crippen MR) is 77.9 cm³/mol. The van der Waals surface area contributed by atoms with Crippen LogP contribution in [0.4, 0.5) is 5.69 Å². The highest BCUT2D eigenvalue weighted by Crippen LogP contribution is 2.24. The molecule has 1 aromatic carbocycles. The smallest absolute Gasteiger partial charge is 0.165 e. The zero-order valence-electron chi connectivity index (χ0n) is 10.8. The van der Waals surface area contributed by atoms with Gasteiger partial charge in [-0.3, -0.25) is 0 Å². The van der Waals surface area contributed by atoms with Crippen molar-refractivity contribution in [1.82, 2.24) is 9.97 Å². The predicted octanol–water partition coefficient (Wildman–Crippen LogP) is 3.77. The molecule has 2 aromatic rings. The van der Waals surface area contributed by atoms with E-state index in [2.05, 4.69) is 53.4 Å². The van der Waals surface area contributed by atoms with Gasteiger partial charge >= 0.3 is 0 Å². The number of benzene rings is 1. The molecule has 4 heteroatoms. The van der Waals surface area contributed by atoms with Crippen LogP contribution in [0.1, 0.15) is 19.4 Å². The van der Waals surface area contributed by atoms with Crippen LogP contribution in [0, 0.1) is 5.92 Å². The van der Waals surface area contributed by atoms with Crippen molar-refractivity contribution < 1.29 is 0 Å². The van der Waals surface area contributed by atoms with Crippen molar-refractivity contribution in [2.24, 2.45) is 5.92 Å². The van der Waals surface area contributed by atoms with Gasteiger partial charge in [0.1, 0.15) is 0 Å². The molecule has 2 N–H and O–H groups in total. The van der Waals surface area contributed by atoms with Crippen molar-refractivity contribution in [2.45, 2.75) is 24.8 Å². The lowest BCUT2D eigenvalue weighted by atomic mass is 10.1. The van der Waals surface area contributed by atoms with Crippen LogP contribution < -0.4 is 5.32 Å². The molecule has 0 aliphatic heterocycles. The molecule has 0 unspecified atom stereocenters. The first kappa shape index (κ1) is 13.0. The normalized spacial score (nSPS) is 10.8. The Hall–Kier alpha value is -1.42. The molecule has 0 amide bonds. The molecule has 0 spiro atoms. The van der Waals surface area contributed by atoms with Crippen LogP contribution in [0.5, 0.6) is 0 Å². The molecule has 3 nitrogen and oxygen atoms in total. The number of aromatic nitrogens is 2. The lowest BCUT2D eigenvalue weighted by Gasteiger charge is -2.13. The molecule has 96 valence electrons. The maximum Gasteiger partial charge on any atom is 0.165 e. The molecule has 0 radical (unpaired) electrons. The van der Waals surface area contributed by atoms with Gasteiger partial charge < -0.3 is 10.3 Å². The van der Waals surface area contributed by atoms with E-state index in [1.807, 2.05) is 6.20 Å². The third-order valence-corrected chi connectivity index (χ3v) is 3.51. The lowest BCUT2D eigenvalue weighted by Crippen LogP contribution is -2.09. The van der Waals surface area contributed by atoms with Crippen LogP contribution in [0.3, 0.4) is 0 Å². The van der Waals surface area contributed by atoms with Gasteiger partial charge in [-0.1, -0.05) is 43.8 Å². The quantitative estimate of drug-likeness (QED) is 0.778. The first-order valence-corrected chi connectivity index (χ1v) is 7.18. The Morgan fingerprint density at radius 1 is 1.33 bits per heavy atom. The van der Waals surface area contributed by atoms with Crippen molar-refractivity contribution >= 4 is 17.4 Å². The van der Waals surface area contributed by atoms with Gasteiger partial charge in [-0.05, 0) is 17.5 Å². The summed E-state index contributed by atoms with van der Waals surface area (Å²) in [6, 6.07) is 8.46. The molecule has 0 fully saturated rings. The van der Waals surface area contributed by atoms with E-state index in [1.54, 1.807) is 18.0 Å². The van der Waals surface area contributed by atoms with Crippen LogP contribution in [0.15, 0.2) is 41.8 Å². The summed E-state index contributed by atoms with van der Waals surface area (Å²) in [5.74, 6) is 1.57. The van der Waals surface area contributed by atoms with Crippen molar-refractivity contribution in [3.8, 4) is 0 Å². The van der Waals surface area contributed by atoms with E-state index in [1.165, 1.54) is 11.3 Å². The highest BCUT2D eigenvalue weighted by molar-refractivity contribution is 7.98. The van der Waals surface area contributed by atoms with Crippen LogP contribution >= 0.6 is 11.8 Å². The second kappa shape index (κ2) is 6.50. The van der Waals surface area contributed by atoms with E-state index >= 15 is 0 Å². The minimum absolute atomic E-state index is 0.649. The molecule has 1 heterocycles. The topological polar surface area (TPSA) is 40.7 Å². The van der Waals surface area contributed by atoms with E-state index in [4.69, 9.17) is 0 Å². The first-order chi connectivity index (χ1) is 8.75. The molecule has 0 bridgehead atoms. The maximum absolute atomic E-state index is 4.22. The summed E-state index contributed by atoms with van der Waals surface area (Å²) >= 11 is 1.72. The minimum Gasteiger partial charge on any atom is -0.385 e. The van der Waals surface area contributed by atoms with Gasteiger partial charge in [0, 0.05) is 30.4 Å². The third kappa shape index (κ3) is 3.81. The Bertz CT molecular complexity index is 466. The molecule has 0 saturated heterocycles. The number of para-hydroxylation sites is 1. The number of rotatable bonds is 6. The monoisotopic (exact) mass is 261 g/mol. The van der Waals surface area contributed by atoms with Gasteiger partial charge in [0.25, 0.3) is 0 Å². The highest BCUT2D eigenvalue weighted by atomic mass is 32.2. The number of hydrogen-bond donors (Lipinski definition) is 2. The molecule has 1 aromatic heterocycles. The Morgan fingerprint density at radius 2 is 2.17 bits per heavy atom. The third-order valence-electron chi connectivity index (χ3n) is 2.56. The van der Waals surface area contributed by atoms with Crippen LogP contribution in [-0.4, -0.2) is 16.5 Å². The van der Waals surface area contributed by atoms with Crippen molar-refractivity contribution in [2.75, 3.05) is 11.9 Å². The summed E-state index contributed by atoms with van der Waals surface area (Å²) in [7, 11) is 0. The second-order valence-corrected chi connectivity index (χ2v) is 5.58. The Balaban J connectivity index is 1.98. The number of nitrogens with one attached hydrogen (secondary N) is 2. The zero-order chi connectivity index (χ0) is 12.8. The average molecular weight is 261 g/mol. The molecular weight excluding hydrogens is 242 g/mol. The molecule has 0 atom stereocenters. The lowest BCUT2D eigenvalue weighted by molar-refractivity contribution is 0.688. The minimum atomic E-state index is 0.649. The summed E-state index contributed by atoms with van der Waals surface area (Å²) in [6.07, 6.45) is 3.64. The number of thioether (sulfide) groups is 1. The maximum atomic E-state index is 4.22. The number of aromatic amines is 1. The van der Waals surface area contributed by atoms with E-state index in [9.17, 15) is 0 Å². The number of H-pyrrole nitrogens is 1. The molecule has 0 aliphatic carbocycles. The fraction of sp³-hybridized carbons (Fsp3) is 0.357. The number of nitrogens with zero attached hydrogens (tertiary/aromatic N) is 1. The van der Waals surface area contributed by atoms with Gasteiger partial charge in [0.05, 0.1) is 0 Å². The van der Waals surface area contributed by atoms with Gasteiger partial charge in [-0.25, -0.2) is 4.98 Å². The molecule has 18 heavy (non-hydrogen) atoms. The van der Waals surface area contributed by atoms with Gasteiger partial charge in [0.2, 0.25) is 0 Å². The van der Waals surface area contributed by atoms with Gasteiger partial charge in [-0.15, -0.1) is 0 Å². The molecular formula is C14H19N3S. The van der Waals surface area contributed by atoms with Gasteiger partial charge in [-0.2, -0.15) is 0 Å². The van der Waals surface area contributed by atoms with Crippen LogP contribution in [-0.2, 0) is 5.75 Å². The van der Waals surface area contributed by atoms with Crippen LogP contribution in [0.25, 0.3) is 0 Å². The Morgan fingerprint density at radius 3 is 2.89 bits per heavy atom. The highest BCUT2D eigenvalue weighted by Gasteiger charge is 2.04. The van der Waals surface area contributed by atoms with Crippen molar-refractivity contribution in [1.29, 1.82) is 0 Å². The van der Waals surface area contributed by atoms with Crippen molar-refractivity contribution in [3.05, 3.63) is 42.2 Å². The van der Waals surface area contributed by atoms with E-state index in [0.29, 0.717) is 5.92 Å². The summed E-state index contributed by atoms with van der Waals surface area (Å²) in [5, 5.41) is 4.47. The van der Waals surface area contributed by atoms with E-state index in [-0.39, 0.29) is 0 Å². The van der Waals surface area contributed by atoms with Crippen molar-refractivity contribution in [3.63, 3.8) is 0 Å². The summed E-state index contributed by atoms with van der Waals surface area (Å²) in [5.41, 5.74) is 2.55. The standard InChI is InChI=1S/C14H19N3S/c1-11(2)9-17-13-6-4-3-5-12(13)10-18-14-15-7-8-16-14/h3-8,11,17H,9-10H2,1-2H3,(H,15,16). The zero-order valence-corrected chi connectivity index (χ0v) is 11.6. The van der Waals surface area contributed by atoms with E-state index < -0.39 is 0 Å². The Labute approximate surface area is 112 Å². The SMILES string of the molecule is CC(C)CNc1ccccc1CSc1ncc[nH]1. The fourth-order valence-electron chi connectivity index (χ4n) is 1.61. The van der Waals surface area contributed by atoms with E-state index in [0.717, 1.165) is 17.5 Å². The van der Waals surface area contributed by atoms with Gasteiger partial charge in [0.15, 0.2) is 5.16 Å². The summed E-state index contributed by atoms with van der Waals surface area (Å²) in [6.45, 7) is 5.43. The molecule has 0 saturated carbocycles. The molecule has 2 rings (SSSR count). The van der Waals surface area contributed by atoms with Crippen LogP contribution in [0.2, 0.25) is 0 Å². The first-order valence-electron chi connectivity index (χ1n) is 6.19. The molecule has 0 aliphatic rings. The largest absolute Gasteiger partial charge is 0.385 e. The fourth-order valence-corrected chi connectivity index (χ4v) is 2.44. The number of imidazole rings is 1.